The third-order valence-corrected chi connectivity index (χ3v) is 3.93. The van der Waals surface area contributed by atoms with Gasteiger partial charge in [0.2, 0.25) is 0 Å². The van der Waals surface area contributed by atoms with Gasteiger partial charge in [-0.05, 0) is 11.6 Å². The number of fused-ring (bicyclic) bond motifs is 1. The van der Waals surface area contributed by atoms with Crippen LogP contribution in [0.5, 0.6) is 0 Å². The summed E-state index contributed by atoms with van der Waals surface area (Å²) >= 11 is 1.54. The SMILES string of the molecule is O=C(CCC(F)(F)F)C1CSc2ccccc21. The predicted octanol–water partition coefficient (Wildman–Crippen LogP) is 3.79. The molecule has 1 unspecified atom stereocenters. The van der Waals surface area contributed by atoms with Crippen LogP contribution in [-0.2, 0) is 4.79 Å². The lowest BCUT2D eigenvalue weighted by molar-refractivity contribution is -0.143. The number of thioether (sulfide) groups is 1. The van der Waals surface area contributed by atoms with Crippen LogP contribution in [0.1, 0.15) is 24.3 Å². The van der Waals surface area contributed by atoms with Crippen molar-refractivity contribution in [3.05, 3.63) is 29.8 Å². The normalized spacial score (nSPS) is 19.1. The maximum atomic E-state index is 12.0. The van der Waals surface area contributed by atoms with Crippen molar-refractivity contribution in [2.45, 2.75) is 29.8 Å². The monoisotopic (exact) mass is 260 g/mol. The van der Waals surface area contributed by atoms with Crippen molar-refractivity contribution in [2.24, 2.45) is 0 Å². The fourth-order valence-electron chi connectivity index (χ4n) is 1.87. The molecule has 0 spiro atoms. The van der Waals surface area contributed by atoms with E-state index in [1.807, 2.05) is 24.3 Å². The minimum atomic E-state index is -4.25. The topological polar surface area (TPSA) is 17.1 Å². The highest BCUT2D eigenvalue weighted by Crippen LogP contribution is 2.40. The van der Waals surface area contributed by atoms with Gasteiger partial charge in [0.05, 0.1) is 12.3 Å². The Morgan fingerprint density at radius 3 is 2.76 bits per heavy atom. The minimum absolute atomic E-state index is 0.306. The second-order valence-electron chi connectivity index (χ2n) is 3.98. The number of alkyl halides is 3. The van der Waals surface area contributed by atoms with Crippen LogP contribution in [0.2, 0.25) is 0 Å². The summed E-state index contributed by atoms with van der Waals surface area (Å²) < 4.78 is 36.1. The number of rotatable bonds is 3. The molecule has 0 aliphatic carbocycles. The first kappa shape index (κ1) is 12.5. The predicted molar refractivity (Wildman–Crippen MR) is 60.2 cm³/mol. The van der Waals surface area contributed by atoms with Crippen LogP contribution in [0.25, 0.3) is 0 Å². The summed E-state index contributed by atoms with van der Waals surface area (Å²) in [5.41, 5.74) is 0.879. The molecule has 0 N–H and O–H groups in total. The first-order valence-electron chi connectivity index (χ1n) is 5.28. The van der Waals surface area contributed by atoms with Crippen LogP contribution in [0.3, 0.4) is 0 Å². The van der Waals surface area contributed by atoms with E-state index in [1.165, 1.54) is 11.8 Å². The smallest absolute Gasteiger partial charge is 0.299 e. The van der Waals surface area contributed by atoms with E-state index in [-0.39, 0.29) is 11.7 Å². The van der Waals surface area contributed by atoms with E-state index < -0.39 is 19.0 Å². The van der Waals surface area contributed by atoms with Crippen molar-refractivity contribution in [1.29, 1.82) is 0 Å². The second-order valence-corrected chi connectivity index (χ2v) is 5.04. The van der Waals surface area contributed by atoms with Gasteiger partial charge < -0.3 is 0 Å². The van der Waals surface area contributed by atoms with Crippen molar-refractivity contribution in [3.8, 4) is 0 Å². The molecule has 0 bridgehead atoms. The summed E-state index contributed by atoms with van der Waals surface area (Å²) in [6, 6.07) is 7.41. The Bertz CT molecular complexity index is 428. The Morgan fingerprint density at radius 2 is 2.06 bits per heavy atom. The van der Waals surface area contributed by atoms with Gasteiger partial charge >= 0.3 is 6.18 Å². The molecule has 0 amide bonds. The number of hydrogen-bond acceptors (Lipinski definition) is 2. The van der Waals surface area contributed by atoms with Gasteiger partial charge in [0.15, 0.2) is 0 Å². The van der Waals surface area contributed by atoms with Gasteiger partial charge in [0, 0.05) is 17.1 Å². The number of ketones is 1. The molecule has 1 atom stereocenters. The third-order valence-electron chi connectivity index (χ3n) is 2.74. The zero-order chi connectivity index (χ0) is 12.5. The van der Waals surface area contributed by atoms with Crippen LogP contribution >= 0.6 is 11.8 Å². The fourth-order valence-corrected chi connectivity index (χ4v) is 3.13. The number of hydrogen-bond donors (Lipinski definition) is 0. The van der Waals surface area contributed by atoms with E-state index in [0.29, 0.717) is 5.75 Å². The van der Waals surface area contributed by atoms with E-state index in [2.05, 4.69) is 0 Å². The largest absolute Gasteiger partial charge is 0.389 e. The van der Waals surface area contributed by atoms with Crippen LogP contribution in [0, 0.1) is 0 Å². The summed E-state index contributed by atoms with van der Waals surface area (Å²) in [6.07, 6.45) is -5.68. The summed E-state index contributed by atoms with van der Waals surface area (Å²) in [7, 11) is 0. The van der Waals surface area contributed by atoms with Crippen LogP contribution in [0.4, 0.5) is 13.2 Å². The first-order chi connectivity index (χ1) is 7.97. The molecule has 1 aliphatic rings. The molecule has 0 aromatic heterocycles. The van der Waals surface area contributed by atoms with Gasteiger partial charge in [-0.25, -0.2) is 0 Å². The van der Waals surface area contributed by atoms with Gasteiger partial charge in [0.1, 0.15) is 5.78 Å². The number of carbonyl (C=O) groups is 1. The van der Waals surface area contributed by atoms with Gasteiger partial charge in [-0.1, -0.05) is 18.2 Å². The molecular formula is C12H11F3OS. The Balaban J connectivity index is 2.03. The number of benzene rings is 1. The van der Waals surface area contributed by atoms with Gasteiger partial charge in [-0.2, -0.15) is 13.2 Å². The van der Waals surface area contributed by atoms with E-state index >= 15 is 0 Å². The van der Waals surface area contributed by atoms with E-state index in [4.69, 9.17) is 0 Å². The highest BCUT2D eigenvalue weighted by molar-refractivity contribution is 7.99. The van der Waals surface area contributed by atoms with E-state index in [9.17, 15) is 18.0 Å². The van der Waals surface area contributed by atoms with Crippen molar-refractivity contribution in [3.63, 3.8) is 0 Å². The van der Waals surface area contributed by atoms with E-state index in [1.54, 1.807) is 0 Å². The molecule has 0 saturated carbocycles. The number of halogens is 3. The summed E-state index contributed by atoms with van der Waals surface area (Å²) in [5.74, 6) is -0.103. The van der Waals surface area contributed by atoms with Gasteiger partial charge in [-0.3, -0.25) is 4.79 Å². The van der Waals surface area contributed by atoms with Crippen molar-refractivity contribution >= 4 is 17.5 Å². The highest BCUT2D eigenvalue weighted by Gasteiger charge is 2.33. The third kappa shape index (κ3) is 3.03. The molecule has 1 nitrogen and oxygen atoms in total. The van der Waals surface area contributed by atoms with Crippen LogP contribution in [-0.4, -0.2) is 17.7 Å². The standard InChI is InChI=1S/C12H11F3OS/c13-12(14,15)6-5-10(16)9-7-17-11-4-2-1-3-8(9)11/h1-4,9H,5-7H2. The van der Waals surface area contributed by atoms with Crippen LogP contribution in [0.15, 0.2) is 29.2 Å². The molecule has 92 valence electrons. The average molecular weight is 260 g/mol. The van der Waals surface area contributed by atoms with Crippen molar-refractivity contribution in [2.75, 3.05) is 5.75 Å². The lowest BCUT2D eigenvalue weighted by Crippen LogP contribution is -2.16. The Labute approximate surface area is 101 Å². The van der Waals surface area contributed by atoms with Crippen molar-refractivity contribution < 1.29 is 18.0 Å². The number of Topliss-reactive ketones (excluding diaryl/α,β-unsaturated/α-hetero) is 1. The molecule has 1 aromatic rings. The molecule has 1 aliphatic heterocycles. The maximum Gasteiger partial charge on any atom is 0.389 e. The maximum absolute atomic E-state index is 12.0. The van der Waals surface area contributed by atoms with Crippen molar-refractivity contribution in [1.82, 2.24) is 0 Å². The minimum Gasteiger partial charge on any atom is -0.299 e. The zero-order valence-corrected chi connectivity index (χ0v) is 9.77. The highest BCUT2D eigenvalue weighted by atomic mass is 32.2. The number of carbonyl (C=O) groups excluding carboxylic acids is 1. The summed E-state index contributed by atoms with van der Waals surface area (Å²) in [5, 5.41) is 0. The zero-order valence-electron chi connectivity index (χ0n) is 8.96. The Hall–Kier alpha value is -0.970. The molecule has 0 saturated heterocycles. The van der Waals surface area contributed by atoms with E-state index in [0.717, 1.165) is 10.5 Å². The molecule has 5 heteroatoms. The summed E-state index contributed by atoms with van der Waals surface area (Å²) in [4.78, 5) is 12.8. The quantitative estimate of drug-likeness (QED) is 0.822. The molecule has 0 radical (unpaired) electrons. The fraction of sp³-hybridized carbons (Fsp3) is 0.417. The van der Waals surface area contributed by atoms with Gasteiger partial charge in [0.25, 0.3) is 0 Å². The lowest BCUT2D eigenvalue weighted by Gasteiger charge is -2.10. The second kappa shape index (κ2) is 4.72. The Morgan fingerprint density at radius 1 is 1.35 bits per heavy atom. The lowest BCUT2D eigenvalue weighted by atomic mass is 9.94. The average Bonchev–Trinajstić information content (AvgIpc) is 2.68. The molecule has 1 aromatic carbocycles. The first-order valence-corrected chi connectivity index (χ1v) is 6.27. The van der Waals surface area contributed by atoms with Crippen LogP contribution < -0.4 is 0 Å². The molecule has 17 heavy (non-hydrogen) atoms. The Kier molecular flexibility index (Phi) is 3.47. The van der Waals surface area contributed by atoms with Gasteiger partial charge in [-0.15, -0.1) is 11.8 Å². The molecule has 1 heterocycles. The molecule has 0 fully saturated rings. The summed E-state index contributed by atoms with van der Waals surface area (Å²) in [6.45, 7) is 0. The molecule has 2 rings (SSSR count). The molecular weight excluding hydrogens is 249 g/mol.